The molecule has 3 aromatic carbocycles. The Morgan fingerprint density at radius 3 is 2.47 bits per heavy atom. The van der Waals surface area contributed by atoms with Crippen molar-refractivity contribution in [2.45, 2.75) is 0 Å². The van der Waals surface area contributed by atoms with Gasteiger partial charge in [-0.3, -0.25) is 30.2 Å². The summed E-state index contributed by atoms with van der Waals surface area (Å²) in [4.78, 5) is 54.1. The van der Waals surface area contributed by atoms with E-state index >= 15 is 0 Å². The quantitative estimate of drug-likeness (QED) is 0.127. The number of aliphatic imine (C=N–C) groups is 1. The maximum atomic E-state index is 12.9. The van der Waals surface area contributed by atoms with Gasteiger partial charge < -0.3 is 9.84 Å². The van der Waals surface area contributed by atoms with Crippen LogP contribution in [-0.2, 0) is 0 Å². The van der Waals surface area contributed by atoms with Crippen LogP contribution in [0.1, 0.15) is 26.3 Å². The topological polar surface area (TPSA) is 175 Å². The Morgan fingerprint density at radius 2 is 1.75 bits per heavy atom. The number of carbonyl (C=O) groups excluding carboxylic acids is 1. The molecule has 0 atom stereocenters. The summed E-state index contributed by atoms with van der Waals surface area (Å²) in [7, 11) is 0. The highest BCUT2D eigenvalue weighted by Gasteiger charge is 2.29. The number of nitrogens with zero attached hydrogens (tertiary/aromatic N) is 4. The molecule has 0 aliphatic heterocycles. The number of nitro benzene ring substituents is 2. The van der Waals surface area contributed by atoms with E-state index in [0.717, 1.165) is 47.3 Å². The summed E-state index contributed by atoms with van der Waals surface area (Å²) in [5.41, 5.74) is -1.35. The van der Waals surface area contributed by atoms with Crippen LogP contribution in [0.25, 0.3) is 10.9 Å². The number of carbonyl (C=O) groups is 2. The van der Waals surface area contributed by atoms with E-state index in [0.29, 0.717) is 5.69 Å². The van der Waals surface area contributed by atoms with Gasteiger partial charge in [-0.2, -0.15) is 0 Å². The summed E-state index contributed by atoms with van der Waals surface area (Å²) in [6.07, 6.45) is 2.69. The lowest BCUT2D eigenvalue weighted by molar-refractivity contribution is -0.385. The SMILES string of the molecule is O=C(O)c1cccc([N+](=O)[O-])c1C(=O)Oc1ccc([N+](=O)[O-])cc1C=Nc1cnc2ccccc2c1. The van der Waals surface area contributed by atoms with Gasteiger partial charge in [0.25, 0.3) is 11.4 Å². The number of non-ortho nitro benzene ring substituents is 1. The van der Waals surface area contributed by atoms with Gasteiger partial charge in [0.2, 0.25) is 0 Å². The lowest BCUT2D eigenvalue weighted by Gasteiger charge is -2.09. The second-order valence-electron chi connectivity index (χ2n) is 7.28. The predicted octanol–water partition coefficient (Wildman–Crippen LogP) is 4.72. The number of hydrogen-bond acceptors (Lipinski definition) is 9. The number of benzene rings is 3. The van der Waals surface area contributed by atoms with Gasteiger partial charge in [0.15, 0.2) is 5.56 Å². The monoisotopic (exact) mass is 486 g/mol. The number of aromatic nitrogens is 1. The number of carboxylic acids is 1. The number of hydrogen-bond donors (Lipinski definition) is 1. The zero-order valence-electron chi connectivity index (χ0n) is 18.1. The van der Waals surface area contributed by atoms with Gasteiger partial charge in [0.1, 0.15) is 5.75 Å². The summed E-state index contributed by atoms with van der Waals surface area (Å²) < 4.78 is 5.27. The van der Waals surface area contributed by atoms with Crippen molar-refractivity contribution >= 4 is 46.1 Å². The predicted molar refractivity (Wildman–Crippen MR) is 127 cm³/mol. The minimum atomic E-state index is -1.57. The van der Waals surface area contributed by atoms with Crippen molar-refractivity contribution in [2.75, 3.05) is 0 Å². The van der Waals surface area contributed by atoms with E-state index in [2.05, 4.69) is 9.98 Å². The molecule has 0 fully saturated rings. The first-order chi connectivity index (χ1) is 17.2. The molecule has 0 aliphatic carbocycles. The van der Waals surface area contributed by atoms with Crippen molar-refractivity contribution in [1.82, 2.24) is 4.98 Å². The van der Waals surface area contributed by atoms with Gasteiger partial charge >= 0.3 is 11.9 Å². The Labute approximate surface area is 201 Å². The van der Waals surface area contributed by atoms with E-state index in [1.54, 1.807) is 6.07 Å². The Hall–Kier alpha value is -5.52. The molecule has 36 heavy (non-hydrogen) atoms. The lowest BCUT2D eigenvalue weighted by Crippen LogP contribution is -2.17. The fraction of sp³-hybridized carbons (Fsp3) is 0. The minimum absolute atomic E-state index is 0.00108. The first kappa shape index (κ1) is 23.6. The molecule has 0 spiro atoms. The maximum absolute atomic E-state index is 12.9. The molecular weight excluding hydrogens is 472 g/mol. The van der Waals surface area contributed by atoms with Gasteiger partial charge in [-0.05, 0) is 24.3 Å². The van der Waals surface area contributed by atoms with Gasteiger partial charge in [-0.1, -0.05) is 24.3 Å². The molecule has 4 aromatic rings. The van der Waals surface area contributed by atoms with Crippen molar-refractivity contribution in [3.8, 4) is 5.75 Å². The zero-order chi connectivity index (χ0) is 25.8. The minimum Gasteiger partial charge on any atom is -0.478 e. The van der Waals surface area contributed by atoms with Gasteiger partial charge in [-0.15, -0.1) is 0 Å². The highest BCUT2D eigenvalue weighted by atomic mass is 16.6. The van der Waals surface area contributed by atoms with Crippen molar-refractivity contribution in [1.29, 1.82) is 0 Å². The molecule has 0 saturated heterocycles. The van der Waals surface area contributed by atoms with Crippen molar-refractivity contribution in [2.24, 2.45) is 4.99 Å². The van der Waals surface area contributed by atoms with Crippen LogP contribution in [0.4, 0.5) is 17.1 Å². The Bertz CT molecular complexity index is 1550. The van der Waals surface area contributed by atoms with Gasteiger partial charge in [0, 0.05) is 35.4 Å². The van der Waals surface area contributed by atoms with Crippen LogP contribution in [0.2, 0.25) is 0 Å². The molecule has 0 saturated carbocycles. The summed E-state index contributed by atoms with van der Waals surface area (Å²) in [6.45, 7) is 0. The normalized spacial score (nSPS) is 10.9. The smallest absolute Gasteiger partial charge is 0.351 e. The molecule has 0 aliphatic rings. The highest BCUT2D eigenvalue weighted by molar-refractivity contribution is 6.06. The van der Waals surface area contributed by atoms with E-state index in [4.69, 9.17) is 4.74 Å². The van der Waals surface area contributed by atoms with Gasteiger partial charge in [-0.25, -0.2) is 9.59 Å². The molecule has 0 unspecified atom stereocenters. The molecule has 178 valence electrons. The molecule has 1 N–H and O–H groups in total. The molecule has 1 heterocycles. The number of nitro groups is 2. The van der Waals surface area contributed by atoms with Crippen LogP contribution in [0.3, 0.4) is 0 Å². The summed E-state index contributed by atoms with van der Waals surface area (Å²) in [5.74, 6) is -3.12. The lowest BCUT2D eigenvalue weighted by atomic mass is 10.1. The third kappa shape index (κ3) is 4.87. The fourth-order valence-corrected chi connectivity index (χ4v) is 3.35. The highest BCUT2D eigenvalue weighted by Crippen LogP contribution is 2.28. The van der Waals surface area contributed by atoms with Gasteiger partial charge in [0.05, 0.1) is 32.8 Å². The van der Waals surface area contributed by atoms with Crippen molar-refractivity contribution < 1.29 is 29.3 Å². The third-order valence-corrected chi connectivity index (χ3v) is 5.01. The number of fused-ring (bicyclic) bond motifs is 1. The second-order valence-corrected chi connectivity index (χ2v) is 7.28. The van der Waals surface area contributed by atoms with E-state index in [-0.39, 0.29) is 17.0 Å². The third-order valence-electron chi connectivity index (χ3n) is 5.01. The fourth-order valence-electron chi connectivity index (χ4n) is 3.35. The van der Waals surface area contributed by atoms with E-state index in [1.165, 1.54) is 12.4 Å². The van der Waals surface area contributed by atoms with Crippen LogP contribution < -0.4 is 4.74 Å². The number of esters is 1. The molecule has 4 rings (SSSR count). The average Bonchev–Trinajstić information content (AvgIpc) is 2.87. The molecule has 12 nitrogen and oxygen atoms in total. The number of ether oxygens (including phenoxy) is 1. The summed E-state index contributed by atoms with van der Waals surface area (Å²) in [5, 5.41) is 32.9. The second kappa shape index (κ2) is 9.77. The number of aromatic carboxylic acids is 1. The molecular formula is C24H14N4O8. The Kier molecular flexibility index (Phi) is 6.41. The molecule has 0 bridgehead atoms. The van der Waals surface area contributed by atoms with Crippen molar-refractivity contribution in [3.05, 3.63) is 110 Å². The standard InChI is InChI=1S/C24H14N4O8/c29-23(30)18-5-3-7-20(28(34)35)22(18)24(31)36-21-9-8-17(27(32)33)11-15(21)12-25-16-10-14-4-1-2-6-19(14)26-13-16/h1-13H,(H,29,30). The van der Waals surface area contributed by atoms with Crippen LogP contribution in [0.15, 0.2) is 77.9 Å². The number of carboxylic acid groups (broad SMARTS) is 1. The van der Waals surface area contributed by atoms with E-state index < -0.39 is 38.6 Å². The van der Waals surface area contributed by atoms with Crippen molar-refractivity contribution in [3.63, 3.8) is 0 Å². The van der Waals surface area contributed by atoms with Crippen LogP contribution in [0.5, 0.6) is 5.75 Å². The largest absolute Gasteiger partial charge is 0.478 e. The number of pyridine rings is 1. The average molecular weight is 486 g/mol. The van der Waals surface area contributed by atoms with Crippen LogP contribution in [-0.4, -0.2) is 38.1 Å². The number of rotatable bonds is 7. The first-order valence-electron chi connectivity index (χ1n) is 10.1. The van der Waals surface area contributed by atoms with Crippen LogP contribution in [0, 0.1) is 20.2 Å². The molecule has 12 heteroatoms. The maximum Gasteiger partial charge on any atom is 0.351 e. The van der Waals surface area contributed by atoms with E-state index in [1.807, 2.05) is 24.3 Å². The zero-order valence-corrected chi connectivity index (χ0v) is 18.1. The Morgan fingerprint density at radius 1 is 0.972 bits per heavy atom. The first-order valence-corrected chi connectivity index (χ1v) is 10.1. The number of para-hydroxylation sites is 1. The summed E-state index contributed by atoms with van der Waals surface area (Å²) in [6, 6.07) is 15.4. The molecule has 0 amide bonds. The summed E-state index contributed by atoms with van der Waals surface area (Å²) >= 11 is 0. The molecule has 0 radical (unpaired) electrons. The molecule has 1 aromatic heterocycles. The van der Waals surface area contributed by atoms with Crippen LogP contribution >= 0.6 is 0 Å². The Balaban J connectivity index is 1.74. The van der Waals surface area contributed by atoms with E-state index in [9.17, 15) is 34.9 Å².